The maximum absolute atomic E-state index is 11.6. The summed E-state index contributed by atoms with van der Waals surface area (Å²) >= 11 is 3.38. The van der Waals surface area contributed by atoms with E-state index in [0.29, 0.717) is 0 Å². The van der Waals surface area contributed by atoms with Crippen molar-refractivity contribution < 1.29 is 14.6 Å². The minimum atomic E-state index is -1.12. The number of Topliss-reactive ketones (excluding diaryl/α,β-unsaturated/α-hetero) is 1. The van der Waals surface area contributed by atoms with Gasteiger partial charge in [0, 0.05) is 10.2 Å². The highest BCUT2D eigenvalue weighted by Crippen LogP contribution is 2.26. The molecule has 4 nitrogen and oxygen atoms in total. The van der Waals surface area contributed by atoms with Crippen LogP contribution in [0.1, 0.15) is 18.5 Å². The molecule has 0 aromatic heterocycles. The van der Waals surface area contributed by atoms with E-state index in [1.807, 2.05) is 48.5 Å². The van der Waals surface area contributed by atoms with Gasteiger partial charge in [-0.05, 0) is 48.9 Å². The molecule has 0 radical (unpaired) electrons. The summed E-state index contributed by atoms with van der Waals surface area (Å²) in [5, 5.41) is 13.4. The fourth-order valence-corrected chi connectivity index (χ4v) is 2.38. The van der Waals surface area contributed by atoms with Gasteiger partial charge in [0.05, 0.1) is 13.2 Å². The summed E-state index contributed by atoms with van der Waals surface area (Å²) in [5.41, 5.74) is 1.63. The Bertz CT molecular complexity index is 625. The van der Waals surface area contributed by atoms with Crippen molar-refractivity contribution in [3.8, 4) is 5.75 Å². The highest BCUT2D eigenvalue weighted by atomic mass is 79.9. The quantitative estimate of drug-likeness (QED) is 0.823. The molecule has 116 valence electrons. The molecule has 0 amide bonds. The molecule has 0 saturated carbocycles. The molecule has 5 heteroatoms. The standard InChI is InChI=1S/C17H18BrNO3/c1-11(20)17(21)16(12-3-5-13(18)6-4-12)19-14-7-9-15(22-2)10-8-14/h3-10,16-17,19,21H,1-2H3/t16-,17+/m1/s1. The molecule has 0 bridgehead atoms. The van der Waals surface area contributed by atoms with Gasteiger partial charge >= 0.3 is 0 Å². The van der Waals surface area contributed by atoms with Gasteiger partial charge < -0.3 is 15.2 Å². The Morgan fingerprint density at radius 2 is 1.73 bits per heavy atom. The lowest BCUT2D eigenvalue weighted by molar-refractivity contribution is -0.125. The second-order valence-electron chi connectivity index (χ2n) is 4.96. The molecule has 0 unspecified atom stereocenters. The van der Waals surface area contributed by atoms with E-state index < -0.39 is 12.1 Å². The van der Waals surface area contributed by atoms with Crippen LogP contribution in [0.2, 0.25) is 0 Å². The van der Waals surface area contributed by atoms with E-state index in [2.05, 4.69) is 21.2 Å². The monoisotopic (exact) mass is 363 g/mol. The molecule has 0 saturated heterocycles. The molecule has 2 aromatic rings. The van der Waals surface area contributed by atoms with Gasteiger partial charge in [0.15, 0.2) is 5.78 Å². The molecule has 0 fully saturated rings. The van der Waals surface area contributed by atoms with E-state index >= 15 is 0 Å². The van der Waals surface area contributed by atoms with Gasteiger partial charge in [-0.25, -0.2) is 0 Å². The molecule has 0 aliphatic rings. The SMILES string of the molecule is COc1ccc(N[C@H](c2ccc(Br)cc2)[C@@H](O)C(C)=O)cc1. The van der Waals surface area contributed by atoms with Crippen LogP contribution < -0.4 is 10.1 Å². The first-order chi connectivity index (χ1) is 10.5. The zero-order chi connectivity index (χ0) is 16.1. The van der Waals surface area contributed by atoms with Crippen LogP contribution in [0.15, 0.2) is 53.0 Å². The lowest BCUT2D eigenvalue weighted by Gasteiger charge is -2.24. The lowest BCUT2D eigenvalue weighted by atomic mass is 9.98. The van der Waals surface area contributed by atoms with Crippen LogP contribution >= 0.6 is 15.9 Å². The molecule has 0 aliphatic carbocycles. The third-order valence-corrected chi connectivity index (χ3v) is 3.90. The van der Waals surface area contributed by atoms with Crippen LogP contribution in [0.25, 0.3) is 0 Å². The van der Waals surface area contributed by atoms with Crippen molar-refractivity contribution in [2.45, 2.75) is 19.1 Å². The first-order valence-corrected chi connectivity index (χ1v) is 7.65. The van der Waals surface area contributed by atoms with Crippen LogP contribution in [0.3, 0.4) is 0 Å². The van der Waals surface area contributed by atoms with Gasteiger partial charge in [-0.3, -0.25) is 4.79 Å². The molecule has 2 N–H and O–H groups in total. The van der Waals surface area contributed by atoms with Crippen molar-refractivity contribution in [1.29, 1.82) is 0 Å². The summed E-state index contributed by atoms with van der Waals surface area (Å²) in [6, 6.07) is 14.3. The molecule has 0 heterocycles. The normalized spacial score (nSPS) is 13.3. The number of aliphatic hydroxyl groups is 1. The Kier molecular flexibility index (Phi) is 5.57. The van der Waals surface area contributed by atoms with E-state index in [-0.39, 0.29) is 5.78 Å². The molecule has 0 spiro atoms. The predicted octanol–water partition coefficient (Wildman–Crippen LogP) is 3.56. The number of anilines is 1. The zero-order valence-corrected chi connectivity index (χ0v) is 14.0. The maximum atomic E-state index is 11.6. The Labute approximate surface area is 138 Å². The van der Waals surface area contributed by atoms with Crippen molar-refractivity contribution in [1.82, 2.24) is 0 Å². The number of ether oxygens (including phenoxy) is 1. The summed E-state index contributed by atoms with van der Waals surface area (Å²) in [5.74, 6) is 0.465. The van der Waals surface area contributed by atoms with Gasteiger partial charge in [0.25, 0.3) is 0 Å². The smallest absolute Gasteiger partial charge is 0.160 e. The third-order valence-electron chi connectivity index (χ3n) is 3.37. The van der Waals surface area contributed by atoms with Crippen LogP contribution in [0.4, 0.5) is 5.69 Å². The number of hydrogen-bond donors (Lipinski definition) is 2. The first-order valence-electron chi connectivity index (χ1n) is 6.86. The fraction of sp³-hybridized carbons (Fsp3) is 0.235. The average Bonchev–Trinajstić information content (AvgIpc) is 2.53. The number of carbonyl (C=O) groups excluding carboxylic acids is 1. The lowest BCUT2D eigenvalue weighted by Crippen LogP contribution is -2.31. The fourth-order valence-electron chi connectivity index (χ4n) is 2.12. The number of carbonyl (C=O) groups is 1. The van der Waals surface area contributed by atoms with Gasteiger partial charge in [-0.2, -0.15) is 0 Å². The van der Waals surface area contributed by atoms with Crippen molar-refractivity contribution in [2.75, 3.05) is 12.4 Å². The summed E-state index contributed by atoms with van der Waals surface area (Å²) < 4.78 is 6.06. The second kappa shape index (κ2) is 7.42. The summed E-state index contributed by atoms with van der Waals surface area (Å²) in [4.78, 5) is 11.6. The van der Waals surface area contributed by atoms with Crippen molar-refractivity contribution in [2.24, 2.45) is 0 Å². The topological polar surface area (TPSA) is 58.6 Å². The van der Waals surface area contributed by atoms with E-state index in [1.165, 1.54) is 6.92 Å². The highest BCUT2D eigenvalue weighted by Gasteiger charge is 2.24. The van der Waals surface area contributed by atoms with E-state index in [9.17, 15) is 9.90 Å². The number of hydrogen-bond acceptors (Lipinski definition) is 4. The average molecular weight is 364 g/mol. The van der Waals surface area contributed by atoms with Crippen LogP contribution in [0, 0.1) is 0 Å². The number of benzene rings is 2. The highest BCUT2D eigenvalue weighted by molar-refractivity contribution is 9.10. The number of aliphatic hydroxyl groups excluding tert-OH is 1. The number of rotatable bonds is 6. The number of ketones is 1. The Morgan fingerprint density at radius 3 is 2.23 bits per heavy atom. The van der Waals surface area contributed by atoms with Gasteiger partial charge in [-0.15, -0.1) is 0 Å². The summed E-state index contributed by atoms with van der Waals surface area (Å²) in [6.07, 6.45) is -1.12. The third kappa shape index (κ3) is 4.08. The Hall–Kier alpha value is -1.85. The molecule has 2 aromatic carbocycles. The Balaban J connectivity index is 2.27. The van der Waals surface area contributed by atoms with Gasteiger partial charge in [-0.1, -0.05) is 28.1 Å². The van der Waals surface area contributed by atoms with E-state index in [4.69, 9.17) is 4.74 Å². The molecule has 2 atom stereocenters. The first kappa shape index (κ1) is 16.5. The largest absolute Gasteiger partial charge is 0.497 e. The van der Waals surface area contributed by atoms with Crippen LogP contribution in [-0.2, 0) is 4.79 Å². The van der Waals surface area contributed by atoms with Gasteiger partial charge in [0.2, 0.25) is 0 Å². The molecular formula is C17H18BrNO3. The van der Waals surface area contributed by atoms with E-state index in [0.717, 1.165) is 21.5 Å². The van der Waals surface area contributed by atoms with Crippen molar-refractivity contribution in [3.63, 3.8) is 0 Å². The van der Waals surface area contributed by atoms with E-state index in [1.54, 1.807) is 7.11 Å². The minimum Gasteiger partial charge on any atom is -0.497 e. The summed E-state index contributed by atoms with van der Waals surface area (Å²) in [7, 11) is 1.60. The zero-order valence-electron chi connectivity index (χ0n) is 12.4. The predicted molar refractivity (Wildman–Crippen MR) is 90.2 cm³/mol. The second-order valence-corrected chi connectivity index (χ2v) is 5.87. The van der Waals surface area contributed by atoms with Crippen molar-refractivity contribution >= 4 is 27.4 Å². The molecule has 2 rings (SSSR count). The van der Waals surface area contributed by atoms with Gasteiger partial charge in [0.1, 0.15) is 11.9 Å². The molecular weight excluding hydrogens is 346 g/mol. The van der Waals surface area contributed by atoms with Crippen LogP contribution in [-0.4, -0.2) is 24.1 Å². The Morgan fingerprint density at radius 1 is 1.14 bits per heavy atom. The minimum absolute atomic E-state index is 0.283. The molecule has 22 heavy (non-hydrogen) atoms. The van der Waals surface area contributed by atoms with Crippen LogP contribution in [0.5, 0.6) is 5.75 Å². The number of methoxy groups -OCH3 is 1. The maximum Gasteiger partial charge on any atom is 0.160 e. The number of nitrogens with one attached hydrogen (secondary N) is 1. The summed E-state index contributed by atoms with van der Waals surface area (Å²) in [6.45, 7) is 1.38. The number of halogens is 1. The molecule has 0 aliphatic heterocycles. The van der Waals surface area contributed by atoms with Crippen molar-refractivity contribution in [3.05, 3.63) is 58.6 Å².